The number of hydrogen-bond donors (Lipinski definition) is 4. The summed E-state index contributed by atoms with van der Waals surface area (Å²) in [5.74, 6) is 2.21. The molecule has 0 aliphatic heterocycles. The lowest BCUT2D eigenvalue weighted by molar-refractivity contribution is -0.115. The zero-order valence-electron chi connectivity index (χ0n) is 14.2. The lowest BCUT2D eigenvalue weighted by atomic mass is 10.1. The summed E-state index contributed by atoms with van der Waals surface area (Å²) in [6.45, 7) is 2.01. The molecule has 0 bridgehead atoms. The summed E-state index contributed by atoms with van der Waals surface area (Å²) in [7, 11) is 0. The molecule has 5 nitrogen and oxygen atoms in total. The first-order valence-corrected chi connectivity index (χ1v) is 7.53. The molecule has 0 amide bonds. The number of nitrogens with two attached hydrogens (primary N) is 4. The Balaban J connectivity index is 0.00000169. The second-order valence-corrected chi connectivity index (χ2v) is 5.69. The van der Waals surface area contributed by atoms with Gasteiger partial charge in [-0.3, -0.25) is 22.3 Å². The van der Waals surface area contributed by atoms with Crippen molar-refractivity contribution in [2.75, 3.05) is 0 Å². The lowest BCUT2D eigenvalue weighted by Gasteiger charge is -2.01. The SMILES string of the molecule is Cc1cc(-c2ccc(C(N)=[NH2+])cc2)oc1-c1ccc(C(N)=[NH2+])cc1.[Cl-].[Cl-]. The van der Waals surface area contributed by atoms with E-state index in [-0.39, 0.29) is 24.8 Å². The van der Waals surface area contributed by atoms with Crippen LogP contribution in [0.5, 0.6) is 0 Å². The Morgan fingerprint density at radius 3 is 1.62 bits per heavy atom. The number of amidine groups is 2. The van der Waals surface area contributed by atoms with Crippen molar-refractivity contribution < 1.29 is 40.0 Å². The maximum atomic E-state index is 6.05. The summed E-state index contributed by atoms with van der Waals surface area (Å²) in [5.41, 5.74) is 15.8. The molecule has 3 aromatic rings. The molecule has 0 spiro atoms. The molecular weight excluding hydrogens is 371 g/mol. The molecule has 0 radical (unpaired) electrons. The molecule has 0 atom stereocenters. The first-order valence-electron chi connectivity index (χ1n) is 7.53. The van der Waals surface area contributed by atoms with Crippen molar-refractivity contribution in [3.63, 3.8) is 0 Å². The van der Waals surface area contributed by atoms with Gasteiger partial charge in [-0.15, -0.1) is 0 Å². The van der Waals surface area contributed by atoms with E-state index in [2.05, 4.69) is 0 Å². The fraction of sp³-hybridized carbons (Fsp3) is 0.0526. The Kier molecular flexibility index (Phi) is 7.01. The lowest BCUT2D eigenvalue weighted by Crippen LogP contribution is -3.00. The van der Waals surface area contributed by atoms with Crippen LogP contribution >= 0.6 is 0 Å². The molecule has 0 aliphatic rings. The van der Waals surface area contributed by atoms with E-state index >= 15 is 0 Å². The summed E-state index contributed by atoms with van der Waals surface area (Å²) in [6, 6.07) is 17.3. The van der Waals surface area contributed by atoms with Gasteiger partial charge in [-0.1, -0.05) is 24.3 Å². The highest BCUT2D eigenvalue weighted by molar-refractivity contribution is 5.93. The summed E-state index contributed by atoms with van der Waals surface area (Å²) >= 11 is 0. The van der Waals surface area contributed by atoms with E-state index in [1.54, 1.807) is 0 Å². The zero-order chi connectivity index (χ0) is 17.3. The first kappa shape index (κ1) is 21.3. The molecule has 1 heterocycles. The summed E-state index contributed by atoms with van der Waals surface area (Å²) in [5, 5.41) is 11.2. The minimum atomic E-state index is 0. The summed E-state index contributed by atoms with van der Waals surface area (Å²) in [6.07, 6.45) is 0. The van der Waals surface area contributed by atoms with Gasteiger partial charge >= 0.3 is 0 Å². The Morgan fingerprint density at radius 2 is 1.19 bits per heavy atom. The van der Waals surface area contributed by atoms with Crippen LogP contribution in [0.15, 0.2) is 59.0 Å². The topological polar surface area (TPSA) is 116 Å². The monoisotopic (exact) mass is 390 g/mol. The van der Waals surface area contributed by atoms with Crippen molar-refractivity contribution >= 4 is 11.7 Å². The zero-order valence-corrected chi connectivity index (χ0v) is 15.7. The predicted molar refractivity (Wildman–Crippen MR) is 94.8 cm³/mol. The van der Waals surface area contributed by atoms with Gasteiger partial charge < -0.3 is 29.2 Å². The number of furan rings is 1. The standard InChI is InChI=1S/C19H18N4O.2ClH/c1-11-10-16(12-2-6-14(7-3-12)18(20)21)24-17(11)13-4-8-15(9-5-13)19(22)23;;/h2-10H,1H3,(H3,20,21)(H3,22,23);2*1H. The average Bonchev–Trinajstić information content (AvgIpc) is 2.97. The van der Waals surface area contributed by atoms with Crippen molar-refractivity contribution in [1.29, 1.82) is 0 Å². The van der Waals surface area contributed by atoms with Crippen LogP contribution in [-0.2, 0) is 0 Å². The van der Waals surface area contributed by atoms with Gasteiger partial charge in [-0.2, -0.15) is 0 Å². The third-order valence-corrected chi connectivity index (χ3v) is 3.90. The molecule has 2 aromatic carbocycles. The van der Waals surface area contributed by atoms with Crippen molar-refractivity contribution in [1.82, 2.24) is 0 Å². The molecule has 8 N–H and O–H groups in total. The van der Waals surface area contributed by atoms with Crippen molar-refractivity contribution in [3.8, 4) is 22.6 Å². The maximum Gasteiger partial charge on any atom is 0.270 e. The molecule has 0 unspecified atom stereocenters. The van der Waals surface area contributed by atoms with Crippen LogP contribution < -0.4 is 47.1 Å². The number of hydrogen-bond acceptors (Lipinski definition) is 1. The van der Waals surface area contributed by atoms with Crippen molar-refractivity contribution in [3.05, 3.63) is 71.3 Å². The third kappa shape index (κ3) is 4.25. The average molecular weight is 391 g/mol. The summed E-state index contributed by atoms with van der Waals surface area (Å²) in [4.78, 5) is 0. The van der Waals surface area contributed by atoms with Gasteiger partial charge in [0.1, 0.15) is 11.5 Å². The van der Waals surface area contributed by atoms with Crippen LogP contribution in [0.1, 0.15) is 16.7 Å². The maximum absolute atomic E-state index is 6.05. The number of halogens is 2. The van der Waals surface area contributed by atoms with Crippen LogP contribution in [-0.4, -0.2) is 11.7 Å². The largest absolute Gasteiger partial charge is 1.00 e. The molecule has 26 heavy (non-hydrogen) atoms. The molecule has 0 fully saturated rings. The first-order chi connectivity index (χ1) is 11.5. The Hall–Kier alpha value is -2.76. The van der Waals surface area contributed by atoms with Gasteiger partial charge in [0.05, 0.1) is 11.1 Å². The molecule has 3 rings (SSSR count). The van der Waals surface area contributed by atoms with Gasteiger partial charge in [0.2, 0.25) is 0 Å². The minimum absolute atomic E-state index is 0. The van der Waals surface area contributed by atoms with Gasteiger partial charge in [0.15, 0.2) is 0 Å². The van der Waals surface area contributed by atoms with Crippen LogP contribution in [0.4, 0.5) is 0 Å². The van der Waals surface area contributed by atoms with E-state index in [9.17, 15) is 0 Å². The minimum Gasteiger partial charge on any atom is -1.00 e. The van der Waals surface area contributed by atoms with Crippen LogP contribution in [0.25, 0.3) is 22.6 Å². The van der Waals surface area contributed by atoms with Crippen LogP contribution in [0, 0.1) is 6.92 Å². The van der Waals surface area contributed by atoms with Gasteiger partial charge in [0, 0.05) is 11.1 Å². The smallest absolute Gasteiger partial charge is 0.270 e. The highest BCUT2D eigenvalue weighted by Crippen LogP contribution is 2.32. The number of aryl methyl sites for hydroxylation is 1. The molecule has 0 saturated carbocycles. The number of rotatable bonds is 4. The highest BCUT2D eigenvalue weighted by Gasteiger charge is 2.13. The fourth-order valence-corrected chi connectivity index (χ4v) is 2.55. The fourth-order valence-electron chi connectivity index (χ4n) is 2.55. The third-order valence-electron chi connectivity index (χ3n) is 3.90. The van der Waals surface area contributed by atoms with E-state index in [1.165, 1.54) is 0 Å². The van der Waals surface area contributed by atoms with Gasteiger partial charge in [-0.25, -0.2) is 0 Å². The Bertz CT molecular complexity index is 916. The van der Waals surface area contributed by atoms with Crippen molar-refractivity contribution in [2.45, 2.75) is 6.92 Å². The van der Waals surface area contributed by atoms with Crippen molar-refractivity contribution in [2.24, 2.45) is 11.5 Å². The van der Waals surface area contributed by atoms with Crippen LogP contribution in [0.2, 0.25) is 0 Å². The Labute approximate surface area is 164 Å². The van der Waals surface area contributed by atoms with Gasteiger partial charge in [-0.05, 0) is 42.8 Å². The second kappa shape index (κ2) is 8.56. The van der Waals surface area contributed by atoms with Gasteiger partial charge in [0.25, 0.3) is 11.7 Å². The Morgan fingerprint density at radius 1 is 0.769 bits per heavy atom. The van der Waals surface area contributed by atoms with E-state index in [0.717, 1.165) is 39.3 Å². The molecule has 7 heteroatoms. The summed E-state index contributed by atoms with van der Waals surface area (Å²) < 4.78 is 6.05. The predicted octanol–water partition coefficient (Wildman–Crippen LogP) is -6.14. The van der Waals surface area contributed by atoms with E-state index in [4.69, 9.17) is 26.7 Å². The second-order valence-electron chi connectivity index (χ2n) is 5.69. The highest BCUT2D eigenvalue weighted by atomic mass is 35.5. The van der Waals surface area contributed by atoms with E-state index in [1.807, 2.05) is 61.5 Å². The van der Waals surface area contributed by atoms with E-state index in [0.29, 0.717) is 11.7 Å². The molecule has 136 valence electrons. The van der Waals surface area contributed by atoms with E-state index < -0.39 is 0 Å². The molecule has 0 aliphatic carbocycles. The normalized spacial score (nSPS) is 9.73. The molecule has 0 saturated heterocycles. The number of benzene rings is 2. The molecule has 1 aromatic heterocycles. The molecular formula is C19H20Cl2N4O. The quantitative estimate of drug-likeness (QED) is 0.262. The van der Waals surface area contributed by atoms with Crippen LogP contribution in [0.3, 0.4) is 0 Å².